The SMILES string of the molecule is CC(O)CC(CNC(=O)C1CCNCC1)c1ccccc1. The van der Waals surface area contributed by atoms with Gasteiger partial charge >= 0.3 is 0 Å². The summed E-state index contributed by atoms with van der Waals surface area (Å²) in [7, 11) is 0. The highest BCUT2D eigenvalue weighted by Gasteiger charge is 2.22. The van der Waals surface area contributed by atoms with Crippen molar-refractivity contribution in [2.24, 2.45) is 5.92 Å². The molecule has 0 spiro atoms. The lowest BCUT2D eigenvalue weighted by atomic mass is 9.92. The number of aliphatic hydroxyl groups is 1. The average molecular weight is 290 g/mol. The van der Waals surface area contributed by atoms with Crippen molar-refractivity contribution >= 4 is 5.91 Å². The van der Waals surface area contributed by atoms with Crippen molar-refractivity contribution in [3.63, 3.8) is 0 Å². The largest absolute Gasteiger partial charge is 0.393 e. The molecule has 0 bridgehead atoms. The lowest BCUT2D eigenvalue weighted by Gasteiger charge is -2.24. The van der Waals surface area contributed by atoms with Gasteiger partial charge in [0.05, 0.1) is 6.10 Å². The highest BCUT2D eigenvalue weighted by Crippen LogP contribution is 2.21. The first-order valence-electron chi connectivity index (χ1n) is 7.88. The van der Waals surface area contributed by atoms with Crippen LogP contribution >= 0.6 is 0 Å². The molecular formula is C17H26N2O2. The average Bonchev–Trinajstić information content (AvgIpc) is 2.52. The van der Waals surface area contributed by atoms with Gasteiger partial charge in [-0.15, -0.1) is 0 Å². The molecule has 1 heterocycles. The summed E-state index contributed by atoms with van der Waals surface area (Å²) < 4.78 is 0. The van der Waals surface area contributed by atoms with E-state index in [2.05, 4.69) is 22.8 Å². The molecule has 1 aliphatic heterocycles. The first-order valence-corrected chi connectivity index (χ1v) is 7.88. The maximum absolute atomic E-state index is 12.2. The molecular weight excluding hydrogens is 264 g/mol. The normalized spacial score (nSPS) is 19.0. The molecule has 3 N–H and O–H groups in total. The number of hydrogen-bond acceptors (Lipinski definition) is 3. The first-order chi connectivity index (χ1) is 10.2. The summed E-state index contributed by atoms with van der Waals surface area (Å²) in [4.78, 5) is 12.2. The van der Waals surface area contributed by atoms with E-state index in [1.165, 1.54) is 5.56 Å². The van der Waals surface area contributed by atoms with Crippen molar-refractivity contribution in [3.8, 4) is 0 Å². The quantitative estimate of drug-likeness (QED) is 0.746. The Bertz CT molecular complexity index is 428. The zero-order chi connectivity index (χ0) is 15.1. The Labute approximate surface area is 126 Å². The molecule has 1 amide bonds. The molecule has 116 valence electrons. The summed E-state index contributed by atoms with van der Waals surface area (Å²) >= 11 is 0. The number of piperidine rings is 1. The number of amides is 1. The predicted molar refractivity (Wildman–Crippen MR) is 84.1 cm³/mol. The number of aliphatic hydroxyl groups excluding tert-OH is 1. The van der Waals surface area contributed by atoms with Gasteiger partial charge in [-0.1, -0.05) is 30.3 Å². The van der Waals surface area contributed by atoms with E-state index in [9.17, 15) is 9.90 Å². The van der Waals surface area contributed by atoms with E-state index < -0.39 is 0 Å². The summed E-state index contributed by atoms with van der Waals surface area (Å²) in [5, 5.41) is 16.0. The van der Waals surface area contributed by atoms with E-state index in [-0.39, 0.29) is 23.8 Å². The van der Waals surface area contributed by atoms with Crippen LogP contribution in [0, 0.1) is 5.92 Å². The third-order valence-corrected chi connectivity index (χ3v) is 4.13. The third kappa shape index (κ3) is 5.14. The fourth-order valence-corrected chi connectivity index (χ4v) is 2.93. The molecule has 0 aliphatic carbocycles. The van der Waals surface area contributed by atoms with Gasteiger partial charge in [0.25, 0.3) is 0 Å². The van der Waals surface area contributed by atoms with Crippen LogP contribution in [0.5, 0.6) is 0 Å². The standard InChI is InChI=1S/C17H26N2O2/c1-13(20)11-16(14-5-3-2-4-6-14)12-19-17(21)15-7-9-18-10-8-15/h2-6,13,15-16,18,20H,7-12H2,1H3,(H,19,21). The van der Waals surface area contributed by atoms with Gasteiger partial charge in [0.2, 0.25) is 5.91 Å². The van der Waals surface area contributed by atoms with E-state index in [4.69, 9.17) is 0 Å². The number of rotatable bonds is 6. The maximum Gasteiger partial charge on any atom is 0.223 e. The summed E-state index contributed by atoms with van der Waals surface area (Å²) in [6.07, 6.45) is 2.12. The Morgan fingerprint density at radius 2 is 2.00 bits per heavy atom. The fourth-order valence-electron chi connectivity index (χ4n) is 2.93. The Hall–Kier alpha value is -1.39. The van der Waals surface area contributed by atoms with E-state index in [0.717, 1.165) is 25.9 Å². The molecule has 0 saturated carbocycles. The van der Waals surface area contributed by atoms with Crippen molar-refractivity contribution in [2.75, 3.05) is 19.6 Å². The van der Waals surface area contributed by atoms with Crippen molar-refractivity contribution in [3.05, 3.63) is 35.9 Å². The fraction of sp³-hybridized carbons (Fsp3) is 0.588. The predicted octanol–water partition coefficient (Wildman–Crippen LogP) is 1.66. The van der Waals surface area contributed by atoms with Gasteiger partial charge in [0, 0.05) is 18.4 Å². The zero-order valence-corrected chi connectivity index (χ0v) is 12.7. The summed E-state index contributed by atoms with van der Waals surface area (Å²) in [5.74, 6) is 0.453. The second-order valence-electron chi connectivity index (χ2n) is 5.96. The molecule has 0 radical (unpaired) electrons. The van der Waals surface area contributed by atoms with Crippen molar-refractivity contribution < 1.29 is 9.90 Å². The Morgan fingerprint density at radius 1 is 1.33 bits per heavy atom. The van der Waals surface area contributed by atoms with Crippen molar-refractivity contribution in [2.45, 2.75) is 38.2 Å². The minimum Gasteiger partial charge on any atom is -0.393 e. The smallest absolute Gasteiger partial charge is 0.223 e. The maximum atomic E-state index is 12.2. The molecule has 1 aliphatic rings. The molecule has 2 atom stereocenters. The van der Waals surface area contributed by atoms with Crippen LogP contribution in [0.2, 0.25) is 0 Å². The van der Waals surface area contributed by atoms with Crippen LogP contribution in [-0.4, -0.2) is 36.8 Å². The Morgan fingerprint density at radius 3 is 2.62 bits per heavy atom. The number of carbonyl (C=O) groups excluding carboxylic acids is 1. The highest BCUT2D eigenvalue weighted by atomic mass is 16.3. The lowest BCUT2D eigenvalue weighted by Crippen LogP contribution is -2.39. The number of carbonyl (C=O) groups is 1. The number of nitrogens with one attached hydrogen (secondary N) is 2. The minimum atomic E-state index is -0.369. The second-order valence-corrected chi connectivity index (χ2v) is 5.96. The van der Waals surface area contributed by atoms with Gasteiger partial charge in [-0.05, 0) is 44.8 Å². The monoisotopic (exact) mass is 290 g/mol. The molecule has 21 heavy (non-hydrogen) atoms. The third-order valence-electron chi connectivity index (χ3n) is 4.13. The van der Waals surface area contributed by atoms with Crippen LogP contribution in [-0.2, 0) is 4.79 Å². The lowest BCUT2D eigenvalue weighted by molar-refractivity contribution is -0.125. The van der Waals surface area contributed by atoms with Crippen LogP contribution in [0.25, 0.3) is 0 Å². The Balaban J connectivity index is 1.91. The molecule has 2 rings (SSSR count). The van der Waals surface area contributed by atoms with Gasteiger partial charge in [0.1, 0.15) is 0 Å². The molecule has 1 aromatic rings. The van der Waals surface area contributed by atoms with Crippen LogP contribution in [0.1, 0.15) is 37.7 Å². The van der Waals surface area contributed by atoms with E-state index in [1.54, 1.807) is 6.92 Å². The van der Waals surface area contributed by atoms with Gasteiger partial charge in [-0.25, -0.2) is 0 Å². The molecule has 1 fully saturated rings. The summed E-state index contributed by atoms with van der Waals surface area (Å²) in [6, 6.07) is 10.1. The van der Waals surface area contributed by atoms with Crippen LogP contribution in [0.15, 0.2) is 30.3 Å². The molecule has 4 heteroatoms. The summed E-state index contributed by atoms with van der Waals surface area (Å²) in [5.41, 5.74) is 1.17. The van der Waals surface area contributed by atoms with Gasteiger partial charge in [-0.2, -0.15) is 0 Å². The van der Waals surface area contributed by atoms with Crippen molar-refractivity contribution in [1.82, 2.24) is 10.6 Å². The van der Waals surface area contributed by atoms with Crippen LogP contribution in [0.4, 0.5) is 0 Å². The van der Waals surface area contributed by atoms with Gasteiger partial charge < -0.3 is 15.7 Å². The van der Waals surface area contributed by atoms with E-state index >= 15 is 0 Å². The zero-order valence-electron chi connectivity index (χ0n) is 12.7. The number of benzene rings is 1. The highest BCUT2D eigenvalue weighted by molar-refractivity contribution is 5.78. The van der Waals surface area contributed by atoms with Crippen LogP contribution in [0.3, 0.4) is 0 Å². The topological polar surface area (TPSA) is 61.4 Å². The van der Waals surface area contributed by atoms with Gasteiger partial charge in [0.15, 0.2) is 0 Å². The molecule has 1 saturated heterocycles. The van der Waals surface area contributed by atoms with Crippen molar-refractivity contribution in [1.29, 1.82) is 0 Å². The summed E-state index contributed by atoms with van der Waals surface area (Å²) in [6.45, 7) is 4.24. The number of hydrogen-bond donors (Lipinski definition) is 3. The molecule has 1 aromatic carbocycles. The minimum absolute atomic E-state index is 0.134. The Kier molecular flexibility index (Phi) is 6.21. The molecule has 2 unspecified atom stereocenters. The molecule has 0 aromatic heterocycles. The first kappa shape index (κ1) is 16.0. The van der Waals surface area contributed by atoms with Crippen LogP contribution < -0.4 is 10.6 Å². The van der Waals surface area contributed by atoms with E-state index in [1.807, 2.05) is 18.2 Å². The van der Waals surface area contributed by atoms with E-state index in [0.29, 0.717) is 13.0 Å². The molecule has 4 nitrogen and oxygen atoms in total. The van der Waals surface area contributed by atoms with Gasteiger partial charge in [-0.3, -0.25) is 4.79 Å². The second kappa shape index (κ2) is 8.15.